The number of carbonyl (C=O) groups is 1. The number of carbonyl (C=O) groups excluding carboxylic acids is 1. The number of amides is 1. The van der Waals surface area contributed by atoms with Crippen molar-refractivity contribution in [2.45, 2.75) is 18.8 Å². The van der Waals surface area contributed by atoms with Crippen LogP contribution in [0.2, 0.25) is 15.1 Å². The number of halogens is 3. The van der Waals surface area contributed by atoms with E-state index in [9.17, 15) is 4.79 Å². The van der Waals surface area contributed by atoms with E-state index in [1.165, 1.54) is 23.5 Å². The summed E-state index contributed by atoms with van der Waals surface area (Å²) in [6.07, 6.45) is 2.28. The maximum Gasteiger partial charge on any atom is 0.264 e. The molecule has 1 aliphatic carbocycles. The number of nitrogens with one attached hydrogen (secondary N) is 1. The highest BCUT2D eigenvalue weighted by atomic mass is 35.5. The van der Waals surface area contributed by atoms with Gasteiger partial charge in [-0.3, -0.25) is 10.1 Å². The molecule has 0 bridgehead atoms. The third-order valence-corrected chi connectivity index (χ3v) is 4.97. The van der Waals surface area contributed by atoms with Crippen LogP contribution in [0.5, 0.6) is 5.75 Å². The number of rotatable bonds is 5. The quantitative estimate of drug-likeness (QED) is 0.784. The Balaban J connectivity index is 1.56. The third kappa shape index (κ3) is 3.81. The molecule has 1 saturated carbocycles. The molecule has 1 aromatic carbocycles. The van der Waals surface area contributed by atoms with Gasteiger partial charge in [-0.1, -0.05) is 46.1 Å². The molecule has 1 aliphatic rings. The molecule has 22 heavy (non-hydrogen) atoms. The van der Waals surface area contributed by atoms with Gasteiger partial charge in [-0.25, -0.2) is 0 Å². The molecule has 0 unspecified atom stereocenters. The molecular weight excluding hydrogens is 369 g/mol. The molecule has 0 aliphatic heterocycles. The smallest absolute Gasteiger partial charge is 0.264 e. The molecule has 0 atom stereocenters. The Hall–Kier alpha value is -1.08. The van der Waals surface area contributed by atoms with Crippen LogP contribution >= 0.6 is 46.1 Å². The summed E-state index contributed by atoms with van der Waals surface area (Å²) >= 11 is 19.1. The normalized spacial score (nSPS) is 14.0. The molecule has 1 aromatic heterocycles. The molecule has 3 rings (SSSR count). The number of aromatic nitrogens is 2. The summed E-state index contributed by atoms with van der Waals surface area (Å²) in [5.74, 6) is 0.456. The number of anilines is 1. The van der Waals surface area contributed by atoms with Crippen LogP contribution in [-0.2, 0) is 4.79 Å². The average Bonchev–Trinajstić information content (AvgIpc) is 3.22. The second-order valence-electron chi connectivity index (χ2n) is 4.75. The molecular formula is C13H10Cl3N3O2S. The van der Waals surface area contributed by atoms with Crippen molar-refractivity contribution in [2.75, 3.05) is 11.9 Å². The number of hydrogen-bond acceptors (Lipinski definition) is 5. The van der Waals surface area contributed by atoms with Gasteiger partial charge in [-0.2, -0.15) is 0 Å². The van der Waals surface area contributed by atoms with Crippen LogP contribution in [0.15, 0.2) is 12.1 Å². The molecule has 1 amide bonds. The second kappa shape index (κ2) is 6.58. The Kier molecular flexibility index (Phi) is 4.73. The van der Waals surface area contributed by atoms with Gasteiger partial charge in [0.2, 0.25) is 5.13 Å². The lowest BCUT2D eigenvalue weighted by Gasteiger charge is -2.08. The number of ether oxygens (including phenoxy) is 1. The molecule has 5 nitrogen and oxygen atoms in total. The molecule has 0 radical (unpaired) electrons. The fraction of sp³-hybridized carbons (Fsp3) is 0.308. The predicted octanol–water partition coefficient (Wildman–Crippen LogP) is 4.39. The van der Waals surface area contributed by atoms with Gasteiger partial charge in [0, 0.05) is 12.0 Å². The monoisotopic (exact) mass is 377 g/mol. The van der Waals surface area contributed by atoms with Crippen molar-refractivity contribution >= 4 is 57.2 Å². The Morgan fingerprint density at radius 3 is 2.68 bits per heavy atom. The van der Waals surface area contributed by atoms with E-state index in [1.807, 2.05) is 0 Å². The highest BCUT2D eigenvalue weighted by molar-refractivity contribution is 7.15. The van der Waals surface area contributed by atoms with E-state index in [-0.39, 0.29) is 17.5 Å². The van der Waals surface area contributed by atoms with Crippen molar-refractivity contribution in [3.05, 3.63) is 32.2 Å². The molecule has 0 saturated heterocycles. The first-order chi connectivity index (χ1) is 10.5. The zero-order chi connectivity index (χ0) is 15.7. The van der Waals surface area contributed by atoms with Gasteiger partial charge in [-0.05, 0) is 18.9 Å². The molecule has 1 fully saturated rings. The first-order valence-corrected chi connectivity index (χ1v) is 8.38. The van der Waals surface area contributed by atoms with Crippen LogP contribution in [-0.4, -0.2) is 22.7 Å². The highest BCUT2D eigenvalue weighted by Gasteiger charge is 2.27. The predicted molar refractivity (Wildman–Crippen MR) is 87.5 cm³/mol. The van der Waals surface area contributed by atoms with E-state index < -0.39 is 0 Å². The van der Waals surface area contributed by atoms with Gasteiger partial charge in [0.15, 0.2) is 6.61 Å². The van der Waals surface area contributed by atoms with Crippen molar-refractivity contribution < 1.29 is 9.53 Å². The largest absolute Gasteiger partial charge is 0.482 e. The van der Waals surface area contributed by atoms with Crippen molar-refractivity contribution in [1.29, 1.82) is 0 Å². The summed E-state index contributed by atoms with van der Waals surface area (Å²) in [6.45, 7) is -0.212. The third-order valence-electron chi connectivity index (χ3n) is 2.95. The summed E-state index contributed by atoms with van der Waals surface area (Å²) in [5.41, 5.74) is 0. The molecule has 1 heterocycles. The summed E-state index contributed by atoms with van der Waals surface area (Å²) in [5, 5.41) is 13.0. The first kappa shape index (κ1) is 15.8. The SMILES string of the molecule is O=C(COc1cc(Cl)c(Cl)cc1Cl)Nc1nnc(C2CC2)s1. The lowest BCUT2D eigenvalue weighted by molar-refractivity contribution is -0.118. The van der Waals surface area contributed by atoms with Gasteiger partial charge in [0.05, 0.1) is 15.1 Å². The molecule has 9 heteroatoms. The average molecular weight is 379 g/mol. The highest BCUT2D eigenvalue weighted by Crippen LogP contribution is 2.42. The fourth-order valence-corrected chi connectivity index (χ4v) is 3.21. The van der Waals surface area contributed by atoms with Crippen LogP contribution < -0.4 is 10.1 Å². The second-order valence-corrected chi connectivity index (χ2v) is 6.98. The summed E-state index contributed by atoms with van der Waals surface area (Å²) in [7, 11) is 0. The van der Waals surface area contributed by atoms with E-state index in [4.69, 9.17) is 39.5 Å². The van der Waals surface area contributed by atoms with Gasteiger partial charge in [-0.15, -0.1) is 10.2 Å². The Bertz CT molecular complexity index is 719. The molecule has 1 N–H and O–H groups in total. The van der Waals surface area contributed by atoms with Crippen LogP contribution in [0.3, 0.4) is 0 Å². The molecule has 0 spiro atoms. The number of benzene rings is 1. The van der Waals surface area contributed by atoms with Gasteiger partial charge in [0.25, 0.3) is 5.91 Å². The molecule has 116 valence electrons. The van der Waals surface area contributed by atoms with Crippen molar-refractivity contribution in [3.8, 4) is 5.75 Å². The maximum atomic E-state index is 11.8. The van der Waals surface area contributed by atoms with Crippen LogP contribution in [0.1, 0.15) is 23.8 Å². The van der Waals surface area contributed by atoms with E-state index in [1.54, 1.807) is 0 Å². The van der Waals surface area contributed by atoms with E-state index in [0.29, 0.717) is 26.8 Å². The van der Waals surface area contributed by atoms with Gasteiger partial charge < -0.3 is 4.74 Å². The Morgan fingerprint density at radius 2 is 1.95 bits per heavy atom. The van der Waals surface area contributed by atoms with E-state index in [2.05, 4.69) is 15.5 Å². The minimum atomic E-state index is -0.347. The summed E-state index contributed by atoms with van der Waals surface area (Å²) in [6, 6.07) is 2.93. The topological polar surface area (TPSA) is 64.1 Å². The van der Waals surface area contributed by atoms with Gasteiger partial charge in [0.1, 0.15) is 10.8 Å². The first-order valence-electron chi connectivity index (χ1n) is 6.43. The fourth-order valence-electron chi connectivity index (χ4n) is 1.69. The minimum Gasteiger partial charge on any atom is -0.482 e. The van der Waals surface area contributed by atoms with Crippen molar-refractivity contribution in [2.24, 2.45) is 0 Å². The number of nitrogens with zero attached hydrogens (tertiary/aromatic N) is 2. The lowest BCUT2D eigenvalue weighted by Crippen LogP contribution is -2.20. The van der Waals surface area contributed by atoms with Crippen molar-refractivity contribution in [1.82, 2.24) is 10.2 Å². The lowest BCUT2D eigenvalue weighted by atomic mass is 10.3. The van der Waals surface area contributed by atoms with Crippen molar-refractivity contribution in [3.63, 3.8) is 0 Å². The standard InChI is InChI=1S/C13H10Cl3N3O2S/c14-7-3-9(16)10(4-8(7)15)21-5-11(20)17-13-19-18-12(22-13)6-1-2-6/h3-4,6H,1-2,5H2,(H,17,19,20). The Labute approximate surface area is 145 Å². The van der Waals surface area contributed by atoms with E-state index in [0.717, 1.165) is 17.8 Å². The summed E-state index contributed by atoms with van der Waals surface area (Å²) in [4.78, 5) is 11.8. The zero-order valence-corrected chi connectivity index (χ0v) is 14.2. The van der Waals surface area contributed by atoms with Crippen LogP contribution in [0.4, 0.5) is 5.13 Å². The Morgan fingerprint density at radius 1 is 1.23 bits per heavy atom. The van der Waals surface area contributed by atoms with Crippen LogP contribution in [0, 0.1) is 0 Å². The maximum absolute atomic E-state index is 11.8. The van der Waals surface area contributed by atoms with Gasteiger partial charge >= 0.3 is 0 Å². The van der Waals surface area contributed by atoms with Crippen LogP contribution in [0.25, 0.3) is 0 Å². The van der Waals surface area contributed by atoms with E-state index >= 15 is 0 Å². The summed E-state index contributed by atoms with van der Waals surface area (Å²) < 4.78 is 5.34. The minimum absolute atomic E-state index is 0.212. The molecule has 2 aromatic rings. The zero-order valence-electron chi connectivity index (χ0n) is 11.1. The number of hydrogen-bond donors (Lipinski definition) is 1.